The van der Waals surface area contributed by atoms with E-state index >= 15 is 0 Å². The van der Waals surface area contributed by atoms with Gasteiger partial charge in [-0.25, -0.2) is 0 Å². The molecule has 3 heteroatoms. The molecule has 0 N–H and O–H groups in total. The van der Waals surface area contributed by atoms with E-state index < -0.39 is 12.1 Å². The van der Waals surface area contributed by atoms with Gasteiger partial charge in [-0.3, -0.25) is 0 Å². The normalized spacial score (nSPS) is 49.8. The summed E-state index contributed by atoms with van der Waals surface area (Å²) in [6.07, 6.45) is 6.66. The zero-order valence-electron chi connectivity index (χ0n) is 16.8. The first-order chi connectivity index (χ1) is 12.3. The van der Waals surface area contributed by atoms with Crippen LogP contribution >= 0.6 is 0 Å². The molecule has 9 atom stereocenters. The molecule has 0 aromatic rings. The Balaban J connectivity index is 1.49. The Morgan fingerprint density at radius 2 is 1.65 bits per heavy atom. The summed E-state index contributed by atoms with van der Waals surface area (Å²) in [7, 11) is 0. The highest BCUT2D eigenvalue weighted by molar-refractivity contribution is 5.06. The van der Waals surface area contributed by atoms with Crippen LogP contribution in [0.5, 0.6) is 0 Å². The van der Waals surface area contributed by atoms with Gasteiger partial charge in [-0.15, -0.1) is 0 Å². The van der Waals surface area contributed by atoms with E-state index in [1.165, 1.54) is 38.5 Å². The van der Waals surface area contributed by atoms with Gasteiger partial charge in [0.05, 0.1) is 5.92 Å². The average Bonchev–Trinajstić information content (AvgIpc) is 2.96. The maximum atomic E-state index is 13.2. The molecule has 8 unspecified atom stereocenters. The lowest BCUT2D eigenvalue weighted by molar-refractivity contribution is -0.196. The fraction of sp³-hybridized carbons (Fsp3) is 1.00. The third-order valence-electron chi connectivity index (χ3n) is 9.82. The van der Waals surface area contributed by atoms with Crippen molar-refractivity contribution >= 4 is 0 Å². The first kappa shape index (κ1) is 19.1. The molecule has 0 nitrogen and oxygen atoms in total. The third kappa shape index (κ3) is 2.94. The summed E-state index contributed by atoms with van der Waals surface area (Å²) in [4.78, 5) is 0. The van der Waals surface area contributed by atoms with Crippen LogP contribution in [0.15, 0.2) is 0 Å². The minimum Gasteiger partial charge on any atom is -0.171 e. The zero-order valence-corrected chi connectivity index (χ0v) is 16.8. The van der Waals surface area contributed by atoms with Gasteiger partial charge in [0.25, 0.3) is 0 Å². The van der Waals surface area contributed by atoms with Crippen LogP contribution in [0.1, 0.15) is 85.0 Å². The van der Waals surface area contributed by atoms with Crippen LogP contribution in [0.3, 0.4) is 0 Å². The molecule has 4 aliphatic rings. The van der Waals surface area contributed by atoms with Gasteiger partial charge in [0.15, 0.2) is 0 Å². The van der Waals surface area contributed by atoms with Crippen molar-refractivity contribution in [2.24, 2.45) is 52.8 Å². The van der Waals surface area contributed by atoms with Crippen LogP contribution in [-0.4, -0.2) is 6.18 Å². The van der Waals surface area contributed by atoms with Crippen molar-refractivity contribution in [2.45, 2.75) is 91.2 Å². The van der Waals surface area contributed by atoms with Crippen molar-refractivity contribution in [1.29, 1.82) is 0 Å². The van der Waals surface area contributed by atoms with Crippen LogP contribution in [0.25, 0.3) is 0 Å². The predicted octanol–water partition coefficient (Wildman–Crippen LogP) is 7.48. The SMILES string of the molecule is CC[C@@H](C)C1CCC2C3CCC4CC(C(F)(F)F)CCC4C3CCC21C. The third-order valence-corrected chi connectivity index (χ3v) is 9.82. The van der Waals surface area contributed by atoms with Crippen molar-refractivity contribution in [2.75, 3.05) is 0 Å². The summed E-state index contributed by atoms with van der Waals surface area (Å²) in [6.45, 7) is 7.35. The Morgan fingerprint density at radius 3 is 2.35 bits per heavy atom. The molecule has 0 aromatic carbocycles. The monoisotopic (exact) mass is 370 g/mol. The number of hydrogen-bond acceptors (Lipinski definition) is 0. The second-order valence-corrected chi connectivity index (χ2v) is 10.6. The highest BCUT2D eigenvalue weighted by Gasteiger charge is 2.58. The molecule has 0 bridgehead atoms. The summed E-state index contributed by atoms with van der Waals surface area (Å²) in [5, 5.41) is 0. The maximum Gasteiger partial charge on any atom is 0.391 e. The van der Waals surface area contributed by atoms with Crippen molar-refractivity contribution < 1.29 is 13.2 Å². The Kier molecular flexibility index (Phi) is 4.92. The van der Waals surface area contributed by atoms with E-state index in [1.807, 2.05) is 0 Å². The first-order valence-electron chi connectivity index (χ1n) is 11.3. The van der Waals surface area contributed by atoms with E-state index in [0.29, 0.717) is 30.1 Å². The zero-order chi connectivity index (χ0) is 18.7. The Hall–Kier alpha value is -0.210. The maximum absolute atomic E-state index is 13.2. The second kappa shape index (κ2) is 6.69. The highest BCUT2D eigenvalue weighted by atomic mass is 19.4. The van der Waals surface area contributed by atoms with E-state index in [-0.39, 0.29) is 0 Å². The van der Waals surface area contributed by atoms with Gasteiger partial charge in [0.2, 0.25) is 0 Å². The van der Waals surface area contributed by atoms with Crippen LogP contribution in [0, 0.1) is 52.8 Å². The predicted molar refractivity (Wildman–Crippen MR) is 99.6 cm³/mol. The van der Waals surface area contributed by atoms with Gasteiger partial charge in [0, 0.05) is 0 Å². The standard InChI is InChI=1S/C23H37F3/c1-4-14(2)20-9-10-21-19-7-5-15-13-16(23(24,25)26)6-8-17(15)18(19)11-12-22(20,21)3/h14-21H,4-13H2,1-3H3/t14-,15?,16?,17?,18?,19?,20?,21?,22?/m1/s1. The molecule has 4 saturated carbocycles. The van der Waals surface area contributed by atoms with Gasteiger partial charge in [0.1, 0.15) is 0 Å². The Morgan fingerprint density at radius 1 is 0.923 bits per heavy atom. The quantitative estimate of drug-likeness (QED) is 0.472. The van der Waals surface area contributed by atoms with Gasteiger partial charge >= 0.3 is 6.18 Å². The molecular weight excluding hydrogens is 333 g/mol. The molecule has 0 heterocycles. The van der Waals surface area contributed by atoms with Gasteiger partial charge in [-0.05, 0) is 105 Å². The molecule has 4 fully saturated rings. The summed E-state index contributed by atoms with van der Waals surface area (Å²) >= 11 is 0. The number of rotatable bonds is 2. The molecule has 150 valence electrons. The molecule has 0 amide bonds. The van der Waals surface area contributed by atoms with Crippen LogP contribution in [0.2, 0.25) is 0 Å². The molecule has 0 saturated heterocycles. The molecular formula is C23H37F3. The van der Waals surface area contributed by atoms with Crippen molar-refractivity contribution in [3.8, 4) is 0 Å². The van der Waals surface area contributed by atoms with Crippen LogP contribution in [0.4, 0.5) is 13.2 Å². The summed E-state index contributed by atoms with van der Waals surface area (Å²) < 4.78 is 39.6. The molecule has 0 aliphatic heterocycles. The number of halogens is 3. The number of hydrogen-bond donors (Lipinski definition) is 0. The average molecular weight is 371 g/mol. The molecule has 0 aromatic heterocycles. The van der Waals surface area contributed by atoms with Crippen molar-refractivity contribution in [3.05, 3.63) is 0 Å². The van der Waals surface area contributed by atoms with E-state index in [9.17, 15) is 13.2 Å². The van der Waals surface area contributed by atoms with Gasteiger partial charge < -0.3 is 0 Å². The van der Waals surface area contributed by atoms with Crippen LogP contribution < -0.4 is 0 Å². The van der Waals surface area contributed by atoms with Crippen LogP contribution in [-0.2, 0) is 0 Å². The summed E-state index contributed by atoms with van der Waals surface area (Å²) in [5.41, 5.74) is 0.507. The smallest absolute Gasteiger partial charge is 0.171 e. The lowest BCUT2D eigenvalue weighted by Gasteiger charge is -2.57. The molecule has 0 spiro atoms. The van der Waals surface area contributed by atoms with Crippen molar-refractivity contribution in [3.63, 3.8) is 0 Å². The van der Waals surface area contributed by atoms with Gasteiger partial charge in [-0.1, -0.05) is 27.2 Å². The fourth-order valence-electron chi connectivity index (χ4n) is 8.41. The second-order valence-electron chi connectivity index (χ2n) is 10.6. The highest BCUT2D eigenvalue weighted by Crippen LogP contribution is 2.66. The molecule has 0 radical (unpaired) electrons. The van der Waals surface area contributed by atoms with Gasteiger partial charge in [-0.2, -0.15) is 13.2 Å². The Labute approximate surface area is 157 Å². The first-order valence-corrected chi connectivity index (χ1v) is 11.3. The minimum atomic E-state index is -3.97. The van der Waals surface area contributed by atoms with E-state index in [2.05, 4.69) is 20.8 Å². The topological polar surface area (TPSA) is 0 Å². The molecule has 26 heavy (non-hydrogen) atoms. The lowest BCUT2D eigenvalue weighted by Crippen LogP contribution is -2.49. The van der Waals surface area contributed by atoms with E-state index in [1.54, 1.807) is 0 Å². The minimum absolute atomic E-state index is 0.354. The molecule has 4 rings (SSSR count). The summed E-state index contributed by atoms with van der Waals surface area (Å²) in [5.74, 6) is 4.02. The number of alkyl halides is 3. The number of fused-ring (bicyclic) bond motifs is 5. The van der Waals surface area contributed by atoms with Crippen molar-refractivity contribution in [1.82, 2.24) is 0 Å². The largest absolute Gasteiger partial charge is 0.391 e. The van der Waals surface area contributed by atoms with E-state index in [0.717, 1.165) is 42.4 Å². The fourth-order valence-corrected chi connectivity index (χ4v) is 8.41. The summed E-state index contributed by atoms with van der Waals surface area (Å²) in [6, 6.07) is 0. The Bertz CT molecular complexity index is 512. The molecule has 4 aliphatic carbocycles. The lowest BCUT2D eigenvalue weighted by atomic mass is 9.48. The van der Waals surface area contributed by atoms with E-state index in [4.69, 9.17) is 0 Å².